The topological polar surface area (TPSA) is 20.2 Å². The molecule has 88 valence electrons. The molecule has 0 heterocycles. The van der Waals surface area contributed by atoms with Crippen LogP contribution in [-0.2, 0) is 0 Å². The lowest BCUT2D eigenvalue weighted by atomic mass is 9.92. The van der Waals surface area contributed by atoms with Crippen LogP contribution in [-0.4, -0.2) is 11.7 Å². The molecule has 16 heavy (non-hydrogen) atoms. The van der Waals surface area contributed by atoms with Crippen molar-refractivity contribution < 1.29 is 5.11 Å². The minimum Gasteiger partial charge on any atom is -0.396 e. The second kappa shape index (κ2) is 7.24. The highest BCUT2D eigenvalue weighted by atomic mass is 16.3. The van der Waals surface area contributed by atoms with Crippen molar-refractivity contribution >= 4 is 0 Å². The Kier molecular flexibility index (Phi) is 5.87. The number of allylic oxidation sites excluding steroid dienone is 2. The molecule has 1 N–H and O–H groups in total. The first kappa shape index (κ1) is 13.0. The molecule has 0 saturated carbocycles. The van der Waals surface area contributed by atoms with Crippen LogP contribution in [0.1, 0.15) is 38.2 Å². The third kappa shape index (κ3) is 4.63. The van der Waals surface area contributed by atoms with Gasteiger partial charge >= 0.3 is 0 Å². The molecule has 0 spiro atoms. The number of rotatable bonds is 6. The zero-order valence-electron chi connectivity index (χ0n) is 10.3. The molecule has 1 rings (SSSR count). The molecule has 0 fully saturated rings. The highest BCUT2D eigenvalue weighted by molar-refractivity contribution is 5.20. The van der Waals surface area contributed by atoms with E-state index in [9.17, 15) is 0 Å². The number of aliphatic hydroxyl groups excluding tert-OH is 1. The fourth-order valence-electron chi connectivity index (χ4n) is 1.82. The van der Waals surface area contributed by atoms with Gasteiger partial charge in [-0.1, -0.05) is 56.3 Å². The first-order valence-electron chi connectivity index (χ1n) is 6.06. The largest absolute Gasteiger partial charge is 0.396 e. The summed E-state index contributed by atoms with van der Waals surface area (Å²) in [5.74, 6) is 1.05. The van der Waals surface area contributed by atoms with Crippen LogP contribution in [0.3, 0.4) is 0 Å². The van der Waals surface area contributed by atoms with E-state index >= 15 is 0 Å². The Morgan fingerprint density at radius 2 is 1.88 bits per heavy atom. The van der Waals surface area contributed by atoms with Gasteiger partial charge in [-0.15, -0.1) is 0 Å². The highest BCUT2D eigenvalue weighted by Crippen LogP contribution is 2.23. The molecule has 1 heteroatoms. The summed E-state index contributed by atoms with van der Waals surface area (Å²) in [5, 5.41) is 9.08. The lowest BCUT2D eigenvalue weighted by Gasteiger charge is -2.14. The quantitative estimate of drug-likeness (QED) is 0.721. The van der Waals surface area contributed by atoms with Gasteiger partial charge in [-0.05, 0) is 30.2 Å². The summed E-state index contributed by atoms with van der Waals surface area (Å²) in [6.07, 6.45) is 6.32. The van der Waals surface area contributed by atoms with E-state index in [0.717, 1.165) is 12.8 Å². The average Bonchev–Trinajstić information content (AvgIpc) is 2.29. The van der Waals surface area contributed by atoms with Crippen LogP contribution in [0.2, 0.25) is 0 Å². The van der Waals surface area contributed by atoms with E-state index in [4.69, 9.17) is 5.11 Å². The molecule has 0 aliphatic heterocycles. The van der Waals surface area contributed by atoms with Crippen molar-refractivity contribution in [3.8, 4) is 0 Å². The zero-order chi connectivity index (χ0) is 11.8. The zero-order valence-corrected chi connectivity index (χ0v) is 10.3. The van der Waals surface area contributed by atoms with Gasteiger partial charge in [0.25, 0.3) is 0 Å². The van der Waals surface area contributed by atoms with Gasteiger partial charge in [-0.2, -0.15) is 0 Å². The minimum atomic E-state index is 0.259. The summed E-state index contributed by atoms with van der Waals surface area (Å²) in [6.45, 7) is 4.62. The van der Waals surface area contributed by atoms with Crippen molar-refractivity contribution in [2.45, 2.75) is 32.6 Å². The van der Waals surface area contributed by atoms with Crippen molar-refractivity contribution in [1.29, 1.82) is 0 Å². The Labute approximate surface area is 98.8 Å². The molecule has 1 aromatic carbocycles. The van der Waals surface area contributed by atoms with Gasteiger partial charge in [0.1, 0.15) is 0 Å². The van der Waals surface area contributed by atoms with E-state index < -0.39 is 0 Å². The number of aliphatic hydroxyl groups is 1. The SMILES string of the molecule is CC(C)/C=C/CC(CCO)c1ccccc1. The van der Waals surface area contributed by atoms with Gasteiger partial charge < -0.3 is 5.11 Å². The third-order valence-corrected chi connectivity index (χ3v) is 2.69. The van der Waals surface area contributed by atoms with Gasteiger partial charge in [-0.3, -0.25) is 0 Å². The smallest absolute Gasteiger partial charge is 0.0436 e. The minimum absolute atomic E-state index is 0.259. The maximum absolute atomic E-state index is 9.08. The molecule has 0 aromatic heterocycles. The highest BCUT2D eigenvalue weighted by Gasteiger charge is 2.08. The van der Waals surface area contributed by atoms with Crippen LogP contribution in [0.15, 0.2) is 42.5 Å². The maximum Gasteiger partial charge on any atom is 0.0436 e. The lowest BCUT2D eigenvalue weighted by Crippen LogP contribution is -2.00. The number of hydrogen-bond donors (Lipinski definition) is 1. The first-order chi connectivity index (χ1) is 7.74. The third-order valence-electron chi connectivity index (χ3n) is 2.69. The molecular formula is C15H22O. The van der Waals surface area contributed by atoms with E-state index in [1.54, 1.807) is 0 Å². The second-order valence-corrected chi connectivity index (χ2v) is 4.53. The lowest BCUT2D eigenvalue weighted by molar-refractivity contribution is 0.275. The number of benzene rings is 1. The summed E-state index contributed by atoms with van der Waals surface area (Å²) in [4.78, 5) is 0. The molecule has 1 nitrogen and oxygen atoms in total. The normalized spacial score (nSPS) is 13.5. The van der Waals surface area contributed by atoms with E-state index in [1.165, 1.54) is 5.56 Å². The van der Waals surface area contributed by atoms with E-state index in [2.05, 4.69) is 50.3 Å². The van der Waals surface area contributed by atoms with Crippen LogP contribution in [0.5, 0.6) is 0 Å². The van der Waals surface area contributed by atoms with E-state index in [-0.39, 0.29) is 6.61 Å². The Morgan fingerprint density at radius 1 is 1.19 bits per heavy atom. The van der Waals surface area contributed by atoms with Crippen LogP contribution in [0.4, 0.5) is 0 Å². The van der Waals surface area contributed by atoms with Crippen LogP contribution >= 0.6 is 0 Å². The molecule has 0 amide bonds. The van der Waals surface area contributed by atoms with Crippen LogP contribution in [0.25, 0.3) is 0 Å². The Hall–Kier alpha value is -1.08. The summed E-state index contributed by atoms with van der Waals surface area (Å²) in [5.41, 5.74) is 1.32. The fraction of sp³-hybridized carbons (Fsp3) is 0.467. The molecule has 0 aliphatic rings. The van der Waals surface area contributed by atoms with Crippen molar-refractivity contribution in [3.63, 3.8) is 0 Å². The van der Waals surface area contributed by atoms with Gasteiger partial charge in [0, 0.05) is 6.61 Å². The predicted octanol–water partition coefficient (Wildman–Crippen LogP) is 3.75. The first-order valence-corrected chi connectivity index (χ1v) is 6.06. The van der Waals surface area contributed by atoms with Gasteiger partial charge in [0.2, 0.25) is 0 Å². The van der Waals surface area contributed by atoms with E-state index in [0.29, 0.717) is 11.8 Å². The van der Waals surface area contributed by atoms with E-state index in [1.807, 2.05) is 6.07 Å². The Balaban J connectivity index is 2.61. The molecule has 0 saturated heterocycles. The second-order valence-electron chi connectivity index (χ2n) is 4.53. The van der Waals surface area contributed by atoms with Gasteiger partial charge in [-0.25, -0.2) is 0 Å². The van der Waals surface area contributed by atoms with Crippen LogP contribution in [0, 0.1) is 5.92 Å². The Bertz CT molecular complexity index is 300. The molecule has 1 aromatic rings. The molecular weight excluding hydrogens is 196 g/mol. The standard InChI is InChI=1S/C15H22O/c1-13(2)7-6-10-15(11-12-16)14-8-4-3-5-9-14/h3-9,13,15-16H,10-12H2,1-2H3/b7-6+. The molecule has 0 radical (unpaired) electrons. The molecule has 1 atom stereocenters. The maximum atomic E-state index is 9.08. The van der Waals surface area contributed by atoms with Gasteiger partial charge in [0.05, 0.1) is 0 Å². The van der Waals surface area contributed by atoms with Crippen molar-refractivity contribution in [3.05, 3.63) is 48.0 Å². The van der Waals surface area contributed by atoms with Crippen LogP contribution < -0.4 is 0 Å². The van der Waals surface area contributed by atoms with Crippen molar-refractivity contribution in [2.24, 2.45) is 5.92 Å². The average molecular weight is 218 g/mol. The number of hydrogen-bond acceptors (Lipinski definition) is 1. The summed E-state index contributed by atoms with van der Waals surface area (Å²) < 4.78 is 0. The Morgan fingerprint density at radius 3 is 2.44 bits per heavy atom. The molecule has 0 aliphatic carbocycles. The van der Waals surface area contributed by atoms with Gasteiger partial charge in [0.15, 0.2) is 0 Å². The van der Waals surface area contributed by atoms with Crippen molar-refractivity contribution in [2.75, 3.05) is 6.61 Å². The summed E-state index contributed by atoms with van der Waals surface area (Å²) >= 11 is 0. The molecule has 0 bridgehead atoms. The summed E-state index contributed by atoms with van der Waals surface area (Å²) in [7, 11) is 0. The summed E-state index contributed by atoms with van der Waals surface area (Å²) in [6, 6.07) is 10.4. The van der Waals surface area contributed by atoms with Crippen molar-refractivity contribution in [1.82, 2.24) is 0 Å². The molecule has 1 unspecified atom stereocenters. The fourth-order valence-corrected chi connectivity index (χ4v) is 1.82. The monoisotopic (exact) mass is 218 g/mol. The predicted molar refractivity (Wildman–Crippen MR) is 69.5 cm³/mol.